The maximum absolute atomic E-state index is 10.8. The third kappa shape index (κ3) is 1.55. The molecular formula is C8H8N4O2. The monoisotopic (exact) mass is 192 g/mol. The van der Waals surface area contributed by atoms with E-state index < -0.39 is 0 Å². The molecule has 0 amide bonds. The number of pyridine rings is 1. The highest BCUT2D eigenvalue weighted by atomic mass is 16.5. The van der Waals surface area contributed by atoms with E-state index in [0.29, 0.717) is 17.3 Å². The molecule has 0 aliphatic rings. The maximum atomic E-state index is 10.8. The zero-order chi connectivity index (χ0) is 9.97. The number of aromatic nitrogens is 3. The fraction of sp³-hybridized carbons (Fsp3) is 0.125. The summed E-state index contributed by atoms with van der Waals surface area (Å²) in [6.45, 7) is 0.205. The van der Waals surface area contributed by atoms with Crippen LogP contribution in [0.5, 0.6) is 0 Å². The topological polar surface area (TPSA) is 97.8 Å². The predicted octanol–water partition coefficient (Wildman–Crippen LogP) is -0.116. The normalized spacial score (nSPS) is 10.4. The molecule has 0 fully saturated rings. The van der Waals surface area contributed by atoms with Gasteiger partial charge in [-0.3, -0.25) is 4.79 Å². The number of rotatable bonds is 2. The molecule has 0 saturated heterocycles. The lowest BCUT2D eigenvalue weighted by Crippen LogP contribution is -2.01. The van der Waals surface area contributed by atoms with Gasteiger partial charge in [0.2, 0.25) is 17.3 Å². The molecule has 14 heavy (non-hydrogen) atoms. The summed E-state index contributed by atoms with van der Waals surface area (Å²) in [5, 5.41) is 3.70. The van der Waals surface area contributed by atoms with Crippen LogP contribution in [0, 0.1) is 0 Å². The minimum absolute atomic E-state index is 0.170. The first kappa shape index (κ1) is 8.64. The molecule has 0 spiro atoms. The second kappa shape index (κ2) is 3.43. The van der Waals surface area contributed by atoms with Crippen molar-refractivity contribution in [1.82, 2.24) is 15.1 Å². The summed E-state index contributed by atoms with van der Waals surface area (Å²) >= 11 is 0. The molecule has 0 aromatic carbocycles. The number of nitrogens with two attached hydrogens (primary N) is 1. The largest absolute Gasteiger partial charge is 0.338 e. The number of aromatic amines is 1. The number of hydrogen-bond donors (Lipinski definition) is 2. The Hall–Kier alpha value is -1.95. The molecule has 72 valence electrons. The summed E-state index contributed by atoms with van der Waals surface area (Å²) in [5.74, 6) is 0.785. The van der Waals surface area contributed by atoms with Gasteiger partial charge in [0.1, 0.15) is 0 Å². The Balaban J connectivity index is 2.39. The molecule has 6 heteroatoms. The zero-order valence-corrected chi connectivity index (χ0v) is 7.23. The van der Waals surface area contributed by atoms with E-state index in [4.69, 9.17) is 10.3 Å². The molecule has 2 rings (SSSR count). The lowest BCUT2D eigenvalue weighted by molar-refractivity contribution is 0.380. The lowest BCUT2D eigenvalue weighted by atomic mass is 10.3. The third-order valence-electron chi connectivity index (χ3n) is 1.69. The second-order valence-corrected chi connectivity index (χ2v) is 2.66. The van der Waals surface area contributed by atoms with Gasteiger partial charge in [-0.15, -0.1) is 0 Å². The van der Waals surface area contributed by atoms with Crippen LogP contribution in [0.15, 0.2) is 27.6 Å². The molecule has 0 unspecified atom stereocenters. The molecular weight excluding hydrogens is 184 g/mol. The standard InChI is InChI=1S/C8H8N4O2/c9-3-7-11-8(12-14-7)5-1-2-6(13)10-4-5/h1-2,4H,3,9H2,(H,10,13). The quantitative estimate of drug-likeness (QED) is 0.691. The van der Waals surface area contributed by atoms with Crippen LogP contribution in [0.1, 0.15) is 5.89 Å². The predicted molar refractivity (Wildman–Crippen MR) is 48.2 cm³/mol. The van der Waals surface area contributed by atoms with E-state index in [1.165, 1.54) is 12.3 Å². The van der Waals surface area contributed by atoms with Gasteiger partial charge in [-0.05, 0) is 6.07 Å². The maximum Gasteiger partial charge on any atom is 0.247 e. The van der Waals surface area contributed by atoms with E-state index in [1.54, 1.807) is 6.07 Å². The van der Waals surface area contributed by atoms with Crippen molar-refractivity contribution in [2.45, 2.75) is 6.54 Å². The van der Waals surface area contributed by atoms with Gasteiger partial charge in [0.25, 0.3) is 0 Å². The van der Waals surface area contributed by atoms with Crippen molar-refractivity contribution >= 4 is 0 Å². The molecule has 2 aromatic heterocycles. The smallest absolute Gasteiger partial charge is 0.247 e. The molecule has 2 aromatic rings. The van der Waals surface area contributed by atoms with Crippen LogP contribution in [0.2, 0.25) is 0 Å². The van der Waals surface area contributed by atoms with Crippen molar-refractivity contribution in [1.29, 1.82) is 0 Å². The van der Waals surface area contributed by atoms with Gasteiger partial charge in [0.05, 0.1) is 6.54 Å². The van der Waals surface area contributed by atoms with Crippen LogP contribution in [-0.2, 0) is 6.54 Å². The van der Waals surface area contributed by atoms with Crippen molar-refractivity contribution < 1.29 is 4.52 Å². The van der Waals surface area contributed by atoms with Crippen LogP contribution in [0.25, 0.3) is 11.4 Å². The van der Waals surface area contributed by atoms with Crippen molar-refractivity contribution in [3.63, 3.8) is 0 Å². The second-order valence-electron chi connectivity index (χ2n) is 2.66. The Morgan fingerprint density at radius 3 is 2.93 bits per heavy atom. The van der Waals surface area contributed by atoms with E-state index in [9.17, 15) is 4.79 Å². The molecule has 0 atom stereocenters. The summed E-state index contributed by atoms with van der Waals surface area (Å²) in [6, 6.07) is 3.01. The first-order valence-corrected chi connectivity index (χ1v) is 4.01. The number of H-pyrrole nitrogens is 1. The Kier molecular flexibility index (Phi) is 2.11. The van der Waals surface area contributed by atoms with Gasteiger partial charge < -0.3 is 15.2 Å². The lowest BCUT2D eigenvalue weighted by Gasteiger charge is -1.90. The van der Waals surface area contributed by atoms with Gasteiger partial charge >= 0.3 is 0 Å². The summed E-state index contributed by atoms with van der Waals surface area (Å²) in [7, 11) is 0. The third-order valence-corrected chi connectivity index (χ3v) is 1.69. The van der Waals surface area contributed by atoms with Crippen molar-refractivity contribution in [3.8, 4) is 11.4 Å². The minimum atomic E-state index is -0.170. The van der Waals surface area contributed by atoms with Gasteiger partial charge in [-0.2, -0.15) is 4.98 Å². The van der Waals surface area contributed by atoms with Gasteiger partial charge in [0.15, 0.2) is 0 Å². The number of nitrogens with zero attached hydrogens (tertiary/aromatic N) is 2. The highest BCUT2D eigenvalue weighted by molar-refractivity contribution is 5.51. The molecule has 2 heterocycles. The number of hydrogen-bond acceptors (Lipinski definition) is 5. The van der Waals surface area contributed by atoms with Gasteiger partial charge in [-0.1, -0.05) is 5.16 Å². The Labute approximate surface area is 78.8 Å². The zero-order valence-electron chi connectivity index (χ0n) is 7.23. The molecule has 0 saturated carbocycles. The van der Waals surface area contributed by atoms with E-state index in [2.05, 4.69) is 15.1 Å². The highest BCUT2D eigenvalue weighted by Gasteiger charge is 2.06. The summed E-state index contributed by atoms with van der Waals surface area (Å²) < 4.78 is 4.82. The van der Waals surface area contributed by atoms with Crippen LogP contribution in [0.4, 0.5) is 0 Å². The van der Waals surface area contributed by atoms with E-state index in [-0.39, 0.29) is 12.1 Å². The van der Waals surface area contributed by atoms with Crippen molar-refractivity contribution in [2.24, 2.45) is 5.73 Å². The van der Waals surface area contributed by atoms with Crippen LogP contribution >= 0.6 is 0 Å². The fourth-order valence-electron chi connectivity index (χ4n) is 1.00. The molecule has 3 N–H and O–H groups in total. The minimum Gasteiger partial charge on any atom is -0.338 e. The first-order valence-electron chi connectivity index (χ1n) is 4.01. The Bertz CT molecular complexity index is 468. The Morgan fingerprint density at radius 2 is 2.36 bits per heavy atom. The van der Waals surface area contributed by atoms with Gasteiger partial charge in [-0.25, -0.2) is 0 Å². The molecule has 0 aliphatic heterocycles. The average molecular weight is 192 g/mol. The van der Waals surface area contributed by atoms with E-state index in [0.717, 1.165) is 0 Å². The number of nitrogens with one attached hydrogen (secondary N) is 1. The fourth-order valence-corrected chi connectivity index (χ4v) is 1.00. The van der Waals surface area contributed by atoms with Crippen molar-refractivity contribution in [2.75, 3.05) is 0 Å². The molecule has 0 aliphatic carbocycles. The van der Waals surface area contributed by atoms with Crippen LogP contribution < -0.4 is 11.3 Å². The van der Waals surface area contributed by atoms with Crippen LogP contribution in [0.3, 0.4) is 0 Å². The molecule has 0 radical (unpaired) electrons. The first-order chi connectivity index (χ1) is 6.79. The molecule has 0 bridgehead atoms. The van der Waals surface area contributed by atoms with Crippen LogP contribution in [-0.4, -0.2) is 15.1 Å². The average Bonchev–Trinajstić information content (AvgIpc) is 2.67. The van der Waals surface area contributed by atoms with E-state index in [1.807, 2.05) is 0 Å². The van der Waals surface area contributed by atoms with Crippen molar-refractivity contribution in [3.05, 3.63) is 34.6 Å². The molecule has 6 nitrogen and oxygen atoms in total. The highest BCUT2D eigenvalue weighted by Crippen LogP contribution is 2.11. The summed E-state index contributed by atoms with van der Waals surface area (Å²) in [4.78, 5) is 17.3. The SMILES string of the molecule is NCc1nc(-c2ccc(=O)[nH]c2)no1. The summed E-state index contributed by atoms with van der Waals surface area (Å²) in [5.41, 5.74) is 5.83. The Morgan fingerprint density at radius 1 is 1.50 bits per heavy atom. The van der Waals surface area contributed by atoms with Gasteiger partial charge in [0, 0.05) is 17.8 Å². The van der Waals surface area contributed by atoms with E-state index >= 15 is 0 Å². The summed E-state index contributed by atoms with van der Waals surface area (Å²) in [6.07, 6.45) is 1.52.